The molecule has 0 atom stereocenters. The van der Waals surface area contributed by atoms with Gasteiger partial charge in [0.2, 0.25) is 0 Å². The fraction of sp³-hybridized carbons (Fsp3) is 0.235. The highest BCUT2D eigenvalue weighted by atomic mass is 32.2. The average Bonchev–Trinajstić information content (AvgIpc) is 2.86. The SMILES string of the molecule is Cc1ccc(C#N)c(Sc2ccc3c(c2)CCC3)c1. The summed E-state index contributed by atoms with van der Waals surface area (Å²) in [5.74, 6) is 0. The molecule has 1 aliphatic carbocycles. The molecule has 0 heterocycles. The van der Waals surface area contributed by atoms with Gasteiger partial charge >= 0.3 is 0 Å². The fourth-order valence-corrected chi connectivity index (χ4v) is 3.60. The third-order valence-corrected chi connectivity index (χ3v) is 4.60. The Morgan fingerprint density at radius 2 is 1.89 bits per heavy atom. The van der Waals surface area contributed by atoms with Crippen molar-refractivity contribution < 1.29 is 0 Å². The van der Waals surface area contributed by atoms with Crippen LogP contribution in [-0.2, 0) is 12.8 Å². The summed E-state index contributed by atoms with van der Waals surface area (Å²) in [5.41, 5.74) is 4.93. The van der Waals surface area contributed by atoms with Crippen molar-refractivity contribution in [2.24, 2.45) is 0 Å². The number of rotatable bonds is 2. The molecule has 2 aromatic rings. The smallest absolute Gasteiger partial charge is 0.100 e. The Bertz CT molecular complexity index is 667. The first-order valence-electron chi connectivity index (χ1n) is 6.57. The summed E-state index contributed by atoms with van der Waals surface area (Å²) in [7, 11) is 0. The van der Waals surface area contributed by atoms with Crippen LogP contribution >= 0.6 is 11.8 Å². The van der Waals surface area contributed by atoms with Gasteiger partial charge in [-0.05, 0) is 67.1 Å². The second-order valence-electron chi connectivity index (χ2n) is 5.00. The molecule has 0 radical (unpaired) electrons. The second-order valence-corrected chi connectivity index (χ2v) is 6.11. The van der Waals surface area contributed by atoms with E-state index in [-0.39, 0.29) is 0 Å². The van der Waals surface area contributed by atoms with Crippen molar-refractivity contribution in [3.63, 3.8) is 0 Å². The maximum absolute atomic E-state index is 9.18. The maximum atomic E-state index is 9.18. The lowest BCUT2D eigenvalue weighted by Crippen LogP contribution is -1.86. The highest BCUT2D eigenvalue weighted by Crippen LogP contribution is 2.34. The normalized spacial score (nSPS) is 13.1. The standard InChI is InChI=1S/C17H15NS/c1-12-5-6-15(11-18)17(9-12)19-16-8-7-13-3-2-4-14(13)10-16/h5-10H,2-4H2,1H3. The van der Waals surface area contributed by atoms with Crippen LogP contribution in [0.15, 0.2) is 46.2 Å². The van der Waals surface area contributed by atoms with Crippen LogP contribution in [0.25, 0.3) is 0 Å². The monoisotopic (exact) mass is 265 g/mol. The molecule has 0 fully saturated rings. The van der Waals surface area contributed by atoms with Crippen molar-refractivity contribution in [2.75, 3.05) is 0 Å². The number of aryl methyl sites for hydroxylation is 3. The zero-order valence-corrected chi connectivity index (χ0v) is 11.8. The number of hydrogen-bond donors (Lipinski definition) is 0. The van der Waals surface area contributed by atoms with Gasteiger partial charge in [-0.2, -0.15) is 5.26 Å². The summed E-state index contributed by atoms with van der Waals surface area (Å²) in [6.07, 6.45) is 3.69. The van der Waals surface area contributed by atoms with Crippen LogP contribution in [0.2, 0.25) is 0 Å². The molecular formula is C17H15NS. The van der Waals surface area contributed by atoms with Gasteiger partial charge in [0.1, 0.15) is 6.07 Å². The van der Waals surface area contributed by atoms with E-state index in [9.17, 15) is 5.26 Å². The van der Waals surface area contributed by atoms with E-state index in [1.807, 2.05) is 12.1 Å². The lowest BCUT2D eigenvalue weighted by molar-refractivity contribution is 0.911. The quantitative estimate of drug-likeness (QED) is 0.798. The molecule has 3 rings (SSSR count). The molecule has 0 aliphatic heterocycles. The lowest BCUT2D eigenvalue weighted by atomic mass is 10.1. The van der Waals surface area contributed by atoms with E-state index in [1.54, 1.807) is 11.8 Å². The van der Waals surface area contributed by atoms with Crippen molar-refractivity contribution in [1.82, 2.24) is 0 Å². The first-order chi connectivity index (χ1) is 9.26. The van der Waals surface area contributed by atoms with Crippen LogP contribution < -0.4 is 0 Å². The third kappa shape index (κ3) is 2.52. The van der Waals surface area contributed by atoms with Gasteiger partial charge in [-0.15, -0.1) is 0 Å². The predicted octanol–water partition coefficient (Wildman–Crippen LogP) is 4.51. The van der Waals surface area contributed by atoms with Crippen LogP contribution in [0.5, 0.6) is 0 Å². The fourth-order valence-electron chi connectivity index (χ4n) is 2.55. The minimum Gasteiger partial charge on any atom is -0.192 e. The highest BCUT2D eigenvalue weighted by molar-refractivity contribution is 7.99. The Morgan fingerprint density at radius 3 is 2.74 bits per heavy atom. The number of benzene rings is 2. The van der Waals surface area contributed by atoms with Gasteiger partial charge in [-0.25, -0.2) is 0 Å². The lowest BCUT2D eigenvalue weighted by Gasteiger charge is -2.07. The molecule has 2 heteroatoms. The zero-order chi connectivity index (χ0) is 13.2. The van der Waals surface area contributed by atoms with Gasteiger partial charge in [0.05, 0.1) is 5.56 Å². The van der Waals surface area contributed by atoms with E-state index in [1.165, 1.54) is 40.8 Å². The molecule has 0 saturated carbocycles. The van der Waals surface area contributed by atoms with Crippen LogP contribution in [0.4, 0.5) is 0 Å². The molecule has 0 amide bonds. The highest BCUT2D eigenvalue weighted by Gasteiger charge is 2.12. The molecule has 0 saturated heterocycles. The van der Waals surface area contributed by atoms with Gasteiger partial charge < -0.3 is 0 Å². The summed E-state index contributed by atoms with van der Waals surface area (Å²) in [6, 6.07) is 15.0. The number of hydrogen-bond acceptors (Lipinski definition) is 2. The van der Waals surface area contributed by atoms with Gasteiger partial charge in [-0.3, -0.25) is 0 Å². The van der Waals surface area contributed by atoms with Crippen LogP contribution in [0.1, 0.15) is 28.7 Å². The second kappa shape index (κ2) is 5.11. The third-order valence-electron chi connectivity index (χ3n) is 3.56. The average molecular weight is 265 g/mol. The van der Waals surface area contributed by atoms with Crippen molar-refractivity contribution >= 4 is 11.8 Å². The summed E-state index contributed by atoms with van der Waals surface area (Å²) in [5, 5.41) is 9.18. The Morgan fingerprint density at radius 1 is 1.05 bits per heavy atom. The maximum Gasteiger partial charge on any atom is 0.100 e. The first-order valence-corrected chi connectivity index (χ1v) is 7.38. The van der Waals surface area contributed by atoms with Crippen LogP contribution in [0, 0.1) is 18.3 Å². The van der Waals surface area contributed by atoms with Crippen molar-refractivity contribution in [2.45, 2.75) is 36.0 Å². The molecule has 94 valence electrons. The minimum atomic E-state index is 0.760. The Labute approximate surface area is 118 Å². The van der Waals surface area contributed by atoms with Crippen LogP contribution in [-0.4, -0.2) is 0 Å². The summed E-state index contributed by atoms with van der Waals surface area (Å²) in [6.45, 7) is 2.06. The molecule has 1 nitrogen and oxygen atoms in total. The molecule has 19 heavy (non-hydrogen) atoms. The topological polar surface area (TPSA) is 23.8 Å². The van der Waals surface area contributed by atoms with Gasteiger partial charge in [0, 0.05) is 9.79 Å². The molecular weight excluding hydrogens is 250 g/mol. The van der Waals surface area contributed by atoms with Gasteiger partial charge in [0.25, 0.3) is 0 Å². The summed E-state index contributed by atoms with van der Waals surface area (Å²) >= 11 is 1.70. The molecule has 1 aliphatic rings. The Hall–Kier alpha value is -1.72. The largest absolute Gasteiger partial charge is 0.192 e. The number of nitriles is 1. The van der Waals surface area contributed by atoms with E-state index in [4.69, 9.17) is 0 Å². The van der Waals surface area contributed by atoms with Crippen molar-refractivity contribution in [3.8, 4) is 6.07 Å². The number of nitrogens with zero attached hydrogens (tertiary/aromatic N) is 1. The van der Waals surface area contributed by atoms with Crippen molar-refractivity contribution in [1.29, 1.82) is 5.26 Å². The Balaban J connectivity index is 1.93. The molecule has 0 aromatic heterocycles. The van der Waals surface area contributed by atoms with Gasteiger partial charge in [0.15, 0.2) is 0 Å². The predicted molar refractivity (Wildman–Crippen MR) is 78.5 cm³/mol. The Kier molecular flexibility index (Phi) is 3.31. The summed E-state index contributed by atoms with van der Waals surface area (Å²) < 4.78 is 0. The molecule has 2 aromatic carbocycles. The number of fused-ring (bicyclic) bond motifs is 1. The van der Waals surface area contributed by atoms with E-state index < -0.39 is 0 Å². The van der Waals surface area contributed by atoms with E-state index in [0.717, 1.165) is 10.5 Å². The van der Waals surface area contributed by atoms with E-state index in [0.29, 0.717) is 0 Å². The summed E-state index contributed by atoms with van der Waals surface area (Å²) in [4.78, 5) is 2.29. The van der Waals surface area contributed by atoms with Crippen molar-refractivity contribution in [3.05, 3.63) is 58.7 Å². The van der Waals surface area contributed by atoms with Crippen LogP contribution in [0.3, 0.4) is 0 Å². The molecule has 0 unspecified atom stereocenters. The van der Waals surface area contributed by atoms with E-state index in [2.05, 4.69) is 37.3 Å². The van der Waals surface area contributed by atoms with Gasteiger partial charge in [-0.1, -0.05) is 23.9 Å². The molecule has 0 N–H and O–H groups in total. The minimum absolute atomic E-state index is 0.760. The van der Waals surface area contributed by atoms with E-state index >= 15 is 0 Å². The molecule has 0 bridgehead atoms. The molecule has 0 spiro atoms. The first kappa shape index (κ1) is 12.3. The zero-order valence-electron chi connectivity index (χ0n) is 10.9.